The highest BCUT2D eigenvalue weighted by molar-refractivity contribution is 6.06. The van der Waals surface area contributed by atoms with Gasteiger partial charge in [-0.05, 0) is 50.2 Å². The SMILES string of the molecule is Cc1cc(C)cc(-n2ncc3c(C(=O)NCCN4CCN(C)CC4)cc(-c4ccccc4)nc32)c1. The first-order valence-corrected chi connectivity index (χ1v) is 12.2. The number of nitrogens with zero attached hydrogens (tertiary/aromatic N) is 5. The molecule has 0 unspecified atom stereocenters. The van der Waals surface area contributed by atoms with Gasteiger partial charge in [-0.2, -0.15) is 5.10 Å². The molecule has 0 atom stereocenters. The van der Waals surface area contributed by atoms with Crippen LogP contribution in [0.1, 0.15) is 21.5 Å². The molecule has 0 aliphatic carbocycles. The Bertz CT molecular complexity index is 1320. The normalized spacial score (nSPS) is 14.9. The largest absolute Gasteiger partial charge is 0.351 e. The molecule has 1 fully saturated rings. The molecule has 4 aromatic rings. The fraction of sp³-hybridized carbons (Fsp3) is 0.321. The van der Waals surface area contributed by atoms with Crippen LogP contribution in [0.4, 0.5) is 0 Å². The number of piperazine rings is 1. The predicted molar refractivity (Wildman–Crippen MR) is 140 cm³/mol. The number of likely N-dealkylation sites (N-methyl/N-ethyl adjacent to an activating group) is 1. The van der Waals surface area contributed by atoms with Gasteiger partial charge in [0.1, 0.15) is 0 Å². The summed E-state index contributed by atoms with van der Waals surface area (Å²) in [6, 6.07) is 18.2. The third-order valence-corrected chi connectivity index (χ3v) is 6.62. The van der Waals surface area contributed by atoms with E-state index in [0.717, 1.165) is 66.2 Å². The van der Waals surface area contributed by atoms with E-state index in [1.165, 1.54) is 0 Å². The molecule has 1 N–H and O–H groups in total. The quantitative estimate of drug-likeness (QED) is 0.468. The number of aromatic nitrogens is 3. The molecule has 35 heavy (non-hydrogen) atoms. The van der Waals surface area contributed by atoms with Crippen LogP contribution in [0.2, 0.25) is 0 Å². The summed E-state index contributed by atoms with van der Waals surface area (Å²) in [4.78, 5) is 23.1. The van der Waals surface area contributed by atoms with E-state index in [-0.39, 0.29) is 5.91 Å². The summed E-state index contributed by atoms with van der Waals surface area (Å²) in [7, 11) is 2.15. The second-order valence-corrected chi connectivity index (χ2v) is 9.46. The lowest BCUT2D eigenvalue weighted by Crippen LogP contribution is -2.46. The number of nitrogens with one attached hydrogen (secondary N) is 1. The Morgan fingerprint density at radius 2 is 1.69 bits per heavy atom. The van der Waals surface area contributed by atoms with Crippen molar-refractivity contribution in [3.8, 4) is 16.9 Å². The molecule has 7 nitrogen and oxygen atoms in total. The number of aryl methyl sites for hydroxylation is 2. The van der Waals surface area contributed by atoms with Crippen molar-refractivity contribution in [2.45, 2.75) is 13.8 Å². The van der Waals surface area contributed by atoms with Crippen LogP contribution in [0.15, 0.2) is 60.8 Å². The number of fused-ring (bicyclic) bond motifs is 1. The molecule has 180 valence electrons. The van der Waals surface area contributed by atoms with Crippen LogP contribution in [0.5, 0.6) is 0 Å². The molecule has 2 aromatic heterocycles. The lowest BCUT2D eigenvalue weighted by atomic mass is 10.1. The van der Waals surface area contributed by atoms with Crippen LogP contribution in [-0.4, -0.2) is 76.8 Å². The van der Waals surface area contributed by atoms with Crippen LogP contribution in [0, 0.1) is 13.8 Å². The summed E-state index contributed by atoms with van der Waals surface area (Å²) >= 11 is 0. The Labute approximate surface area is 206 Å². The van der Waals surface area contributed by atoms with Gasteiger partial charge in [-0.25, -0.2) is 9.67 Å². The molecular formula is C28H32N6O. The minimum absolute atomic E-state index is 0.0938. The molecule has 0 saturated carbocycles. The van der Waals surface area contributed by atoms with Gasteiger partial charge in [-0.15, -0.1) is 0 Å². The van der Waals surface area contributed by atoms with Crippen LogP contribution in [0.3, 0.4) is 0 Å². The number of hydrogen-bond acceptors (Lipinski definition) is 5. The van der Waals surface area contributed by atoms with Gasteiger partial charge in [-0.1, -0.05) is 36.4 Å². The first kappa shape index (κ1) is 23.2. The van der Waals surface area contributed by atoms with Gasteiger partial charge in [0.15, 0.2) is 5.65 Å². The summed E-state index contributed by atoms with van der Waals surface area (Å²) in [6.45, 7) is 9.81. The van der Waals surface area contributed by atoms with Gasteiger partial charge in [0, 0.05) is 44.8 Å². The van der Waals surface area contributed by atoms with Crippen molar-refractivity contribution >= 4 is 16.9 Å². The maximum atomic E-state index is 13.4. The van der Waals surface area contributed by atoms with E-state index in [4.69, 9.17) is 4.98 Å². The van der Waals surface area contributed by atoms with E-state index >= 15 is 0 Å². The Morgan fingerprint density at radius 3 is 2.40 bits per heavy atom. The molecule has 0 spiro atoms. The van der Waals surface area contributed by atoms with Crippen molar-refractivity contribution in [2.75, 3.05) is 46.3 Å². The third-order valence-electron chi connectivity index (χ3n) is 6.62. The summed E-state index contributed by atoms with van der Waals surface area (Å²) in [6.07, 6.45) is 1.75. The van der Waals surface area contributed by atoms with Gasteiger partial charge in [0.2, 0.25) is 0 Å². The number of carbonyl (C=O) groups is 1. The average Bonchev–Trinajstić information content (AvgIpc) is 3.29. The van der Waals surface area contributed by atoms with E-state index in [2.05, 4.69) is 59.3 Å². The van der Waals surface area contributed by atoms with E-state index in [9.17, 15) is 4.79 Å². The van der Waals surface area contributed by atoms with Crippen molar-refractivity contribution in [3.63, 3.8) is 0 Å². The number of amides is 1. The minimum Gasteiger partial charge on any atom is -0.351 e. The van der Waals surface area contributed by atoms with Crippen LogP contribution >= 0.6 is 0 Å². The number of pyridine rings is 1. The van der Waals surface area contributed by atoms with Crippen molar-refractivity contribution < 1.29 is 4.79 Å². The first-order chi connectivity index (χ1) is 17.0. The number of carbonyl (C=O) groups excluding carboxylic acids is 1. The molecule has 7 heteroatoms. The zero-order valence-corrected chi connectivity index (χ0v) is 20.7. The van der Waals surface area contributed by atoms with Gasteiger partial charge in [-0.3, -0.25) is 9.69 Å². The van der Waals surface area contributed by atoms with Crippen molar-refractivity contribution in [2.24, 2.45) is 0 Å². The van der Waals surface area contributed by atoms with Crippen molar-refractivity contribution in [1.82, 2.24) is 29.9 Å². The highest BCUT2D eigenvalue weighted by atomic mass is 16.1. The molecule has 1 saturated heterocycles. The Morgan fingerprint density at radius 1 is 0.971 bits per heavy atom. The molecule has 5 rings (SSSR count). The fourth-order valence-corrected chi connectivity index (χ4v) is 4.70. The zero-order valence-electron chi connectivity index (χ0n) is 20.7. The van der Waals surface area contributed by atoms with Crippen LogP contribution in [-0.2, 0) is 0 Å². The second kappa shape index (κ2) is 9.98. The summed E-state index contributed by atoms with van der Waals surface area (Å²) in [5, 5.41) is 8.54. The van der Waals surface area contributed by atoms with Crippen molar-refractivity contribution in [1.29, 1.82) is 0 Å². The fourth-order valence-electron chi connectivity index (χ4n) is 4.70. The van der Waals surface area contributed by atoms with E-state index in [0.29, 0.717) is 17.8 Å². The Kier molecular flexibility index (Phi) is 6.61. The van der Waals surface area contributed by atoms with E-state index in [1.807, 2.05) is 41.1 Å². The number of benzene rings is 2. The third kappa shape index (κ3) is 5.11. The van der Waals surface area contributed by atoms with Gasteiger partial charge < -0.3 is 10.2 Å². The van der Waals surface area contributed by atoms with Gasteiger partial charge >= 0.3 is 0 Å². The molecule has 0 radical (unpaired) electrons. The second-order valence-electron chi connectivity index (χ2n) is 9.46. The highest BCUT2D eigenvalue weighted by Gasteiger charge is 2.19. The highest BCUT2D eigenvalue weighted by Crippen LogP contribution is 2.27. The summed E-state index contributed by atoms with van der Waals surface area (Å²) in [5.41, 5.74) is 6.26. The van der Waals surface area contributed by atoms with Crippen LogP contribution < -0.4 is 5.32 Å². The molecule has 1 aliphatic heterocycles. The van der Waals surface area contributed by atoms with Crippen LogP contribution in [0.25, 0.3) is 28.0 Å². The lowest BCUT2D eigenvalue weighted by molar-refractivity contribution is 0.0942. The standard InChI is InChI=1S/C28H32N6O/c1-20-15-21(2)17-23(16-20)34-27-25(19-30-34)24(18-26(31-27)22-7-5-4-6-8-22)28(35)29-9-10-33-13-11-32(3)12-14-33/h4-8,15-19H,9-14H2,1-3H3,(H,29,35). The molecule has 1 amide bonds. The smallest absolute Gasteiger partial charge is 0.252 e. The van der Waals surface area contributed by atoms with Crippen molar-refractivity contribution in [3.05, 3.63) is 77.5 Å². The maximum absolute atomic E-state index is 13.4. The van der Waals surface area contributed by atoms with Gasteiger partial charge in [0.05, 0.1) is 28.5 Å². The summed E-state index contributed by atoms with van der Waals surface area (Å²) < 4.78 is 1.84. The lowest BCUT2D eigenvalue weighted by Gasteiger charge is -2.32. The topological polar surface area (TPSA) is 66.3 Å². The number of rotatable bonds is 6. The molecular weight excluding hydrogens is 436 g/mol. The Balaban J connectivity index is 1.48. The molecule has 3 heterocycles. The summed E-state index contributed by atoms with van der Waals surface area (Å²) in [5.74, 6) is -0.0938. The van der Waals surface area contributed by atoms with Gasteiger partial charge in [0.25, 0.3) is 5.91 Å². The van der Waals surface area contributed by atoms with E-state index < -0.39 is 0 Å². The minimum atomic E-state index is -0.0938. The van der Waals surface area contributed by atoms with E-state index in [1.54, 1.807) is 6.20 Å². The number of hydrogen-bond donors (Lipinski definition) is 1. The average molecular weight is 469 g/mol. The molecule has 2 aromatic carbocycles. The zero-order chi connectivity index (χ0) is 24.4. The first-order valence-electron chi connectivity index (χ1n) is 12.2. The Hall–Kier alpha value is -3.55. The predicted octanol–water partition coefficient (Wildman–Crippen LogP) is 3.68. The molecule has 0 bridgehead atoms. The monoisotopic (exact) mass is 468 g/mol. The maximum Gasteiger partial charge on any atom is 0.252 e. The molecule has 1 aliphatic rings.